The van der Waals surface area contributed by atoms with E-state index < -0.39 is 0 Å². The largest absolute Gasteiger partial charge is 0.469 e. The number of rotatable bonds is 6. The summed E-state index contributed by atoms with van der Waals surface area (Å²) in [4.78, 5) is 24.7. The highest BCUT2D eigenvalue weighted by Gasteiger charge is 2.09. The average Bonchev–Trinajstić information content (AvgIpc) is 2.42. The summed E-state index contributed by atoms with van der Waals surface area (Å²) in [7, 11) is 5.12. The Morgan fingerprint density at radius 2 is 2.05 bits per heavy atom. The van der Waals surface area contributed by atoms with Crippen LogP contribution in [0, 0.1) is 0 Å². The molecule has 0 aliphatic carbocycles. The molecule has 0 aliphatic rings. The summed E-state index contributed by atoms with van der Waals surface area (Å²) < 4.78 is 4.52. The molecule has 0 aromatic heterocycles. The second kappa shape index (κ2) is 7.37. The lowest BCUT2D eigenvalue weighted by atomic mass is 10.1. The number of nitrogens with zero attached hydrogens (tertiary/aromatic N) is 1. The monoisotopic (exact) mass is 279 g/mol. The molecule has 20 heavy (non-hydrogen) atoms. The fourth-order valence-electron chi connectivity index (χ4n) is 1.74. The minimum absolute atomic E-state index is 0.202. The van der Waals surface area contributed by atoms with Crippen LogP contribution >= 0.6 is 0 Å². The topological polar surface area (TPSA) is 84.7 Å². The molecule has 3 N–H and O–H groups in total. The zero-order valence-corrected chi connectivity index (χ0v) is 12.1. The molecule has 0 unspecified atom stereocenters. The Labute approximate surface area is 118 Å². The SMILES string of the molecule is COC(=O)CCCNC(=O)c1ccc(N(C)C)c(N)c1. The van der Waals surface area contributed by atoms with Gasteiger partial charge < -0.3 is 20.7 Å². The Morgan fingerprint density at radius 3 is 2.60 bits per heavy atom. The standard InChI is InChI=1S/C14H21N3O3/c1-17(2)12-7-6-10(9-11(12)15)14(19)16-8-4-5-13(18)20-3/h6-7,9H,4-5,8,15H2,1-3H3,(H,16,19). The zero-order valence-electron chi connectivity index (χ0n) is 12.1. The summed E-state index contributed by atoms with van der Waals surface area (Å²) in [6.07, 6.45) is 0.835. The maximum atomic E-state index is 11.9. The van der Waals surface area contributed by atoms with Gasteiger partial charge in [0.1, 0.15) is 0 Å². The first kappa shape index (κ1) is 15.8. The summed E-state index contributed by atoms with van der Waals surface area (Å²) in [5, 5.41) is 2.74. The highest BCUT2D eigenvalue weighted by molar-refractivity contribution is 5.96. The molecule has 1 rings (SSSR count). The van der Waals surface area contributed by atoms with Crippen molar-refractivity contribution in [1.29, 1.82) is 0 Å². The van der Waals surface area contributed by atoms with Crippen molar-refractivity contribution in [3.05, 3.63) is 23.8 Å². The maximum absolute atomic E-state index is 11.9. The van der Waals surface area contributed by atoms with Crippen molar-refractivity contribution in [2.45, 2.75) is 12.8 Å². The fourth-order valence-corrected chi connectivity index (χ4v) is 1.74. The molecule has 6 heteroatoms. The number of benzene rings is 1. The maximum Gasteiger partial charge on any atom is 0.305 e. The average molecular weight is 279 g/mol. The third-order valence-electron chi connectivity index (χ3n) is 2.84. The molecule has 0 radical (unpaired) electrons. The molecule has 0 atom stereocenters. The normalized spacial score (nSPS) is 9.95. The molecule has 0 fully saturated rings. The van der Waals surface area contributed by atoms with Gasteiger partial charge in [-0.15, -0.1) is 0 Å². The van der Waals surface area contributed by atoms with E-state index in [0.717, 1.165) is 5.69 Å². The Kier molecular flexibility index (Phi) is 5.83. The van der Waals surface area contributed by atoms with Crippen LogP contribution in [0.1, 0.15) is 23.2 Å². The van der Waals surface area contributed by atoms with Crippen molar-refractivity contribution in [1.82, 2.24) is 5.32 Å². The molecule has 1 aromatic rings. The van der Waals surface area contributed by atoms with Gasteiger partial charge in [0.25, 0.3) is 5.91 Å². The Morgan fingerprint density at radius 1 is 1.35 bits per heavy atom. The highest BCUT2D eigenvalue weighted by Crippen LogP contribution is 2.22. The van der Waals surface area contributed by atoms with Gasteiger partial charge in [0.2, 0.25) is 0 Å². The molecular formula is C14H21N3O3. The van der Waals surface area contributed by atoms with Gasteiger partial charge in [-0.05, 0) is 24.6 Å². The quantitative estimate of drug-likeness (QED) is 0.461. The number of hydrogen-bond donors (Lipinski definition) is 2. The molecular weight excluding hydrogens is 258 g/mol. The second-order valence-electron chi connectivity index (χ2n) is 4.60. The van der Waals surface area contributed by atoms with Crippen molar-refractivity contribution in [2.75, 3.05) is 38.4 Å². The van der Waals surface area contributed by atoms with Crippen LogP contribution in [0.3, 0.4) is 0 Å². The first-order valence-corrected chi connectivity index (χ1v) is 6.37. The van der Waals surface area contributed by atoms with Crippen molar-refractivity contribution in [3.8, 4) is 0 Å². The molecule has 1 aromatic carbocycles. The number of nitrogens with two attached hydrogens (primary N) is 1. The molecule has 6 nitrogen and oxygen atoms in total. The summed E-state index contributed by atoms with van der Waals surface area (Å²) in [5.74, 6) is -0.481. The van der Waals surface area contributed by atoms with Crippen molar-refractivity contribution in [2.24, 2.45) is 0 Å². The van der Waals surface area contributed by atoms with Gasteiger partial charge in [-0.1, -0.05) is 0 Å². The number of nitrogen functional groups attached to an aromatic ring is 1. The van der Waals surface area contributed by atoms with Gasteiger partial charge in [0.05, 0.1) is 18.5 Å². The van der Waals surface area contributed by atoms with Gasteiger partial charge in [0, 0.05) is 32.6 Å². The van der Waals surface area contributed by atoms with Crippen molar-refractivity contribution >= 4 is 23.3 Å². The molecule has 1 amide bonds. The number of ether oxygens (including phenoxy) is 1. The number of nitrogens with one attached hydrogen (secondary N) is 1. The van der Waals surface area contributed by atoms with Gasteiger partial charge >= 0.3 is 5.97 Å². The van der Waals surface area contributed by atoms with Gasteiger partial charge in [-0.3, -0.25) is 9.59 Å². The van der Waals surface area contributed by atoms with E-state index in [0.29, 0.717) is 30.6 Å². The number of hydrogen-bond acceptors (Lipinski definition) is 5. The summed E-state index contributed by atoms with van der Waals surface area (Å²) in [5.41, 5.74) is 7.82. The number of amides is 1. The lowest BCUT2D eigenvalue weighted by Crippen LogP contribution is -2.25. The van der Waals surface area contributed by atoms with Gasteiger partial charge in [0.15, 0.2) is 0 Å². The van der Waals surface area contributed by atoms with E-state index in [4.69, 9.17) is 5.73 Å². The van der Waals surface area contributed by atoms with E-state index in [9.17, 15) is 9.59 Å². The third kappa shape index (κ3) is 4.46. The van der Waals surface area contributed by atoms with E-state index in [1.54, 1.807) is 18.2 Å². The molecule has 110 valence electrons. The van der Waals surface area contributed by atoms with E-state index in [-0.39, 0.29) is 11.9 Å². The van der Waals surface area contributed by atoms with Gasteiger partial charge in [-0.2, -0.15) is 0 Å². The molecule has 0 spiro atoms. The van der Waals surface area contributed by atoms with Crippen LogP contribution < -0.4 is 16.0 Å². The number of methoxy groups -OCH3 is 1. The van der Waals surface area contributed by atoms with Crippen LogP contribution in [-0.2, 0) is 9.53 Å². The van der Waals surface area contributed by atoms with E-state index in [2.05, 4.69) is 10.1 Å². The predicted molar refractivity (Wildman–Crippen MR) is 78.8 cm³/mol. The first-order chi connectivity index (χ1) is 9.45. The van der Waals surface area contributed by atoms with Crippen LogP contribution in [0.2, 0.25) is 0 Å². The number of carbonyl (C=O) groups is 2. The minimum atomic E-state index is -0.279. The predicted octanol–water partition coefficient (Wildman–Crippen LogP) is 1.02. The van der Waals surface area contributed by atoms with Crippen LogP contribution in [-0.4, -0.2) is 39.6 Å². The smallest absolute Gasteiger partial charge is 0.305 e. The Balaban J connectivity index is 2.52. The van der Waals surface area contributed by atoms with Crippen molar-refractivity contribution in [3.63, 3.8) is 0 Å². The van der Waals surface area contributed by atoms with Crippen LogP contribution in [0.25, 0.3) is 0 Å². The van der Waals surface area contributed by atoms with E-state index in [1.165, 1.54) is 7.11 Å². The Hall–Kier alpha value is -2.24. The highest BCUT2D eigenvalue weighted by atomic mass is 16.5. The van der Waals surface area contributed by atoms with Crippen LogP contribution in [0.15, 0.2) is 18.2 Å². The molecule has 0 saturated heterocycles. The lowest BCUT2D eigenvalue weighted by Gasteiger charge is -2.15. The van der Waals surface area contributed by atoms with Gasteiger partial charge in [-0.25, -0.2) is 0 Å². The molecule has 0 aliphatic heterocycles. The summed E-state index contributed by atoms with van der Waals surface area (Å²) >= 11 is 0. The molecule has 0 bridgehead atoms. The number of carbonyl (C=O) groups excluding carboxylic acids is 2. The lowest BCUT2D eigenvalue weighted by molar-refractivity contribution is -0.140. The van der Waals surface area contributed by atoms with Crippen molar-refractivity contribution < 1.29 is 14.3 Å². The first-order valence-electron chi connectivity index (χ1n) is 6.37. The summed E-state index contributed by atoms with van der Waals surface area (Å²) in [6, 6.07) is 5.17. The van der Waals surface area contributed by atoms with E-state index in [1.807, 2.05) is 19.0 Å². The number of anilines is 2. The molecule has 0 heterocycles. The van der Waals surface area contributed by atoms with Crippen LogP contribution in [0.4, 0.5) is 11.4 Å². The second-order valence-corrected chi connectivity index (χ2v) is 4.60. The van der Waals surface area contributed by atoms with Crippen LogP contribution in [0.5, 0.6) is 0 Å². The third-order valence-corrected chi connectivity index (χ3v) is 2.84. The molecule has 0 saturated carbocycles. The fraction of sp³-hybridized carbons (Fsp3) is 0.429. The Bertz CT molecular complexity index is 487. The number of esters is 1. The van der Waals surface area contributed by atoms with E-state index >= 15 is 0 Å². The summed E-state index contributed by atoms with van der Waals surface area (Å²) in [6.45, 7) is 0.420. The minimum Gasteiger partial charge on any atom is -0.469 e. The zero-order chi connectivity index (χ0) is 15.1.